The lowest BCUT2D eigenvalue weighted by atomic mass is 10.1. The Bertz CT molecular complexity index is 459. The fourth-order valence-electron chi connectivity index (χ4n) is 1.66. The van der Waals surface area contributed by atoms with Crippen LogP contribution < -0.4 is 4.90 Å². The van der Waals surface area contributed by atoms with Crippen LogP contribution in [0.2, 0.25) is 0 Å². The molecule has 0 N–H and O–H groups in total. The van der Waals surface area contributed by atoms with Gasteiger partial charge in [0.2, 0.25) is 0 Å². The molecule has 0 unspecified atom stereocenters. The Balaban J connectivity index is 2.77. The van der Waals surface area contributed by atoms with Gasteiger partial charge in [0.15, 0.2) is 0 Å². The molecule has 0 aromatic heterocycles. The van der Waals surface area contributed by atoms with E-state index in [-0.39, 0.29) is 18.1 Å². The molecule has 0 aliphatic rings. The van der Waals surface area contributed by atoms with Gasteiger partial charge in [-0.25, -0.2) is 0 Å². The molecule has 0 aliphatic heterocycles. The zero-order valence-electron chi connectivity index (χ0n) is 10.7. The number of carbonyl (C=O) groups is 1. The van der Waals surface area contributed by atoms with Crippen molar-refractivity contribution in [2.24, 2.45) is 0 Å². The van der Waals surface area contributed by atoms with Crippen LogP contribution >= 0.6 is 0 Å². The zero-order valence-corrected chi connectivity index (χ0v) is 10.7. The van der Waals surface area contributed by atoms with Crippen LogP contribution in [0.5, 0.6) is 0 Å². The number of non-ortho nitro benzene ring substituents is 1. The molecule has 0 fully saturated rings. The summed E-state index contributed by atoms with van der Waals surface area (Å²) in [5.41, 5.74) is 1.73. The highest BCUT2D eigenvalue weighted by Crippen LogP contribution is 2.23. The standard InChI is InChI=1S/C12H16N2O4/c1-9-8-10(14(16)17)4-5-11(9)13(2)7-6-12(15)18-3/h4-5,8H,6-7H2,1-3H3. The van der Waals surface area contributed by atoms with Crippen LogP contribution in [0.4, 0.5) is 11.4 Å². The molecular weight excluding hydrogens is 236 g/mol. The molecule has 0 saturated heterocycles. The first-order valence-corrected chi connectivity index (χ1v) is 5.48. The summed E-state index contributed by atoms with van der Waals surface area (Å²) in [6, 6.07) is 4.66. The molecule has 6 heteroatoms. The van der Waals surface area contributed by atoms with Crippen LogP contribution in [0.15, 0.2) is 18.2 Å². The summed E-state index contributed by atoms with van der Waals surface area (Å²) < 4.78 is 4.56. The molecular formula is C12H16N2O4. The second-order valence-electron chi connectivity index (χ2n) is 3.98. The van der Waals surface area contributed by atoms with Gasteiger partial charge in [-0.15, -0.1) is 0 Å². The normalized spacial score (nSPS) is 9.94. The van der Waals surface area contributed by atoms with Gasteiger partial charge in [0.1, 0.15) is 0 Å². The second-order valence-corrected chi connectivity index (χ2v) is 3.98. The summed E-state index contributed by atoms with van der Waals surface area (Å²) in [6.45, 7) is 2.31. The topological polar surface area (TPSA) is 72.7 Å². The lowest BCUT2D eigenvalue weighted by molar-refractivity contribution is -0.384. The predicted molar refractivity (Wildman–Crippen MR) is 67.7 cm³/mol. The molecule has 1 aromatic rings. The number of nitro benzene ring substituents is 1. The molecule has 0 saturated carbocycles. The van der Waals surface area contributed by atoms with Gasteiger partial charge in [-0.2, -0.15) is 0 Å². The van der Waals surface area contributed by atoms with Gasteiger partial charge in [0.25, 0.3) is 5.69 Å². The maximum Gasteiger partial charge on any atom is 0.307 e. The number of nitrogens with zero attached hydrogens (tertiary/aromatic N) is 2. The van der Waals surface area contributed by atoms with E-state index in [1.807, 2.05) is 11.9 Å². The summed E-state index contributed by atoms with van der Waals surface area (Å²) in [5.74, 6) is -0.276. The summed E-state index contributed by atoms with van der Waals surface area (Å²) >= 11 is 0. The first-order chi connectivity index (χ1) is 8.45. The molecule has 6 nitrogen and oxygen atoms in total. The van der Waals surface area contributed by atoms with E-state index in [0.717, 1.165) is 11.3 Å². The number of nitro groups is 1. The number of anilines is 1. The van der Waals surface area contributed by atoms with E-state index in [4.69, 9.17) is 0 Å². The third-order valence-corrected chi connectivity index (χ3v) is 2.68. The average molecular weight is 252 g/mol. The molecule has 0 bridgehead atoms. The summed E-state index contributed by atoms with van der Waals surface area (Å²) in [5, 5.41) is 10.6. The van der Waals surface area contributed by atoms with Crippen molar-refractivity contribution in [1.82, 2.24) is 0 Å². The molecule has 0 spiro atoms. The lowest BCUT2D eigenvalue weighted by Crippen LogP contribution is -2.22. The van der Waals surface area contributed by atoms with E-state index < -0.39 is 4.92 Å². The molecule has 0 heterocycles. The van der Waals surface area contributed by atoms with Crippen LogP contribution in [-0.2, 0) is 9.53 Å². The molecule has 98 valence electrons. The Hall–Kier alpha value is -2.11. The molecule has 18 heavy (non-hydrogen) atoms. The lowest BCUT2D eigenvalue weighted by Gasteiger charge is -2.20. The fraction of sp³-hybridized carbons (Fsp3) is 0.417. The van der Waals surface area contributed by atoms with Gasteiger partial charge < -0.3 is 9.64 Å². The smallest absolute Gasteiger partial charge is 0.307 e. The Labute approximate surface area is 105 Å². The summed E-state index contributed by atoms with van der Waals surface area (Å²) in [4.78, 5) is 23.1. The predicted octanol–water partition coefficient (Wildman–Crippen LogP) is 1.90. The van der Waals surface area contributed by atoms with Gasteiger partial charge >= 0.3 is 5.97 Å². The fourth-order valence-corrected chi connectivity index (χ4v) is 1.66. The number of hydrogen-bond donors (Lipinski definition) is 0. The number of benzene rings is 1. The molecule has 0 aliphatic carbocycles. The minimum atomic E-state index is -0.425. The first kappa shape index (κ1) is 14.0. The summed E-state index contributed by atoms with van der Waals surface area (Å²) in [6.07, 6.45) is 0.281. The van der Waals surface area contributed by atoms with Crippen molar-refractivity contribution in [2.75, 3.05) is 25.6 Å². The third-order valence-electron chi connectivity index (χ3n) is 2.68. The van der Waals surface area contributed by atoms with Crippen LogP contribution in [0.3, 0.4) is 0 Å². The Morgan fingerprint density at radius 3 is 2.67 bits per heavy atom. The highest BCUT2D eigenvalue weighted by Gasteiger charge is 2.11. The van der Waals surface area contributed by atoms with E-state index in [9.17, 15) is 14.9 Å². The van der Waals surface area contributed by atoms with E-state index in [0.29, 0.717) is 6.54 Å². The van der Waals surface area contributed by atoms with Crippen molar-refractivity contribution >= 4 is 17.3 Å². The monoisotopic (exact) mass is 252 g/mol. The van der Waals surface area contributed by atoms with Crippen molar-refractivity contribution in [2.45, 2.75) is 13.3 Å². The second kappa shape index (κ2) is 6.00. The van der Waals surface area contributed by atoms with Crippen molar-refractivity contribution in [3.63, 3.8) is 0 Å². The van der Waals surface area contributed by atoms with E-state index in [2.05, 4.69) is 4.74 Å². The van der Waals surface area contributed by atoms with Crippen molar-refractivity contribution in [3.8, 4) is 0 Å². The number of methoxy groups -OCH3 is 1. The highest BCUT2D eigenvalue weighted by atomic mass is 16.6. The molecule has 1 aromatic carbocycles. The minimum Gasteiger partial charge on any atom is -0.469 e. The molecule has 1 rings (SSSR count). The van der Waals surface area contributed by atoms with Gasteiger partial charge in [0.05, 0.1) is 18.5 Å². The highest BCUT2D eigenvalue weighted by molar-refractivity contribution is 5.70. The summed E-state index contributed by atoms with van der Waals surface area (Å²) in [7, 11) is 3.18. The Morgan fingerprint density at radius 1 is 1.50 bits per heavy atom. The Morgan fingerprint density at radius 2 is 2.17 bits per heavy atom. The van der Waals surface area contributed by atoms with Crippen molar-refractivity contribution in [1.29, 1.82) is 0 Å². The minimum absolute atomic E-state index is 0.0672. The van der Waals surface area contributed by atoms with E-state index in [1.54, 1.807) is 13.0 Å². The number of hydrogen-bond acceptors (Lipinski definition) is 5. The quantitative estimate of drug-likeness (QED) is 0.454. The van der Waals surface area contributed by atoms with E-state index in [1.165, 1.54) is 19.2 Å². The SMILES string of the molecule is COC(=O)CCN(C)c1ccc([N+](=O)[O-])cc1C. The van der Waals surface area contributed by atoms with Gasteiger partial charge in [-0.1, -0.05) is 0 Å². The van der Waals surface area contributed by atoms with Crippen molar-refractivity contribution in [3.05, 3.63) is 33.9 Å². The number of aryl methyl sites for hydroxylation is 1. The maximum atomic E-state index is 11.0. The van der Waals surface area contributed by atoms with Crippen molar-refractivity contribution < 1.29 is 14.5 Å². The molecule has 0 radical (unpaired) electrons. The largest absolute Gasteiger partial charge is 0.469 e. The van der Waals surface area contributed by atoms with E-state index >= 15 is 0 Å². The van der Waals surface area contributed by atoms with Crippen LogP contribution in [0.1, 0.15) is 12.0 Å². The number of rotatable bonds is 5. The van der Waals surface area contributed by atoms with Crippen LogP contribution in [0, 0.1) is 17.0 Å². The third kappa shape index (κ3) is 3.44. The first-order valence-electron chi connectivity index (χ1n) is 5.48. The Kier molecular flexibility index (Phi) is 4.65. The van der Waals surface area contributed by atoms with Crippen LogP contribution in [-0.4, -0.2) is 31.6 Å². The molecule has 0 amide bonds. The average Bonchev–Trinajstić information content (AvgIpc) is 2.35. The number of esters is 1. The number of carbonyl (C=O) groups excluding carboxylic acids is 1. The maximum absolute atomic E-state index is 11.0. The van der Waals surface area contributed by atoms with Gasteiger partial charge in [0, 0.05) is 31.4 Å². The van der Waals surface area contributed by atoms with Gasteiger partial charge in [-0.05, 0) is 18.6 Å². The molecule has 0 atom stereocenters. The number of ether oxygens (including phenoxy) is 1. The zero-order chi connectivity index (χ0) is 13.7. The van der Waals surface area contributed by atoms with Gasteiger partial charge in [-0.3, -0.25) is 14.9 Å². The van der Waals surface area contributed by atoms with Crippen LogP contribution in [0.25, 0.3) is 0 Å².